The fourth-order valence-corrected chi connectivity index (χ4v) is 9.43. The van der Waals surface area contributed by atoms with Gasteiger partial charge in [-0.15, -0.1) is 23.5 Å². The monoisotopic (exact) mass is 832 g/mol. The van der Waals surface area contributed by atoms with Crippen LogP contribution in [0.5, 0.6) is 23.0 Å². The number of nitrogens with one attached hydrogen (secondary N) is 4. The smallest absolute Gasteiger partial charge is 0.407 e. The first-order valence-corrected chi connectivity index (χ1v) is 21.5. The second-order valence-corrected chi connectivity index (χ2v) is 16.5. The third-order valence-corrected chi connectivity index (χ3v) is 13.0. The van der Waals surface area contributed by atoms with Gasteiger partial charge in [0, 0.05) is 22.6 Å². The number of methoxy groups -OCH3 is 2. The van der Waals surface area contributed by atoms with Gasteiger partial charge in [0.05, 0.1) is 61.8 Å². The van der Waals surface area contributed by atoms with E-state index in [0.29, 0.717) is 70.7 Å². The van der Waals surface area contributed by atoms with E-state index in [1.807, 2.05) is 64.1 Å². The van der Waals surface area contributed by atoms with Gasteiger partial charge in [-0.25, -0.2) is 19.6 Å². The van der Waals surface area contributed by atoms with Crippen LogP contribution in [0.25, 0.3) is 22.5 Å². The molecule has 4 amide bonds. The molecule has 6 atom stereocenters. The zero-order valence-electron chi connectivity index (χ0n) is 33.2. The first-order chi connectivity index (χ1) is 28.0. The molecule has 2 saturated heterocycles. The lowest BCUT2D eigenvalue weighted by molar-refractivity contribution is -0.136. The second kappa shape index (κ2) is 17.6. The number of alkyl carbamates (subject to hydrolysis) is 2. The van der Waals surface area contributed by atoms with E-state index in [9.17, 15) is 19.2 Å². The predicted molar refractivity (Wildman–Crippen MR) is 220 cm³/mol. The number of hydrogen-bond acceptors (Lipinski definition) is 12. The van der Waals surface area contributed by atoms with Gasteiger partial charge in [-0.05, 0) is 48.2 Å². The number of hydrogen-bond donors (Lipinski definition) is 4. The number of rotatable bonds is 12. The molecule has 7 rings (SSSR count). The van der Waals surface area contributed by atoms with E-state index in [-0.39, 0.29) is 35.7 Å². The van der Waals surface area contributed by atoms with Gasteiger partial charge in [0.25, 0.3) is 0 Å². The number of aromatic nitrogens is 4. The van der Waals surface area contributed by atoms with E-state index < -0.39 is 24.3 Å². The summed E-state index contributed by atoms with van der Waals surface area (Å²) in [7, 11) is 2.57. The molecule has 308 valence electrons. The molecule has 2 fully saturated rings. The van der Waals surface area contributed by atoms with Gasteiger partial charge in [-0.3, -0.25) is 9.59 Å². The van der Waals surface area contributed by atoms with Crippen molar-refractivity contribution in [3.05, 3.63) is 60.4 Å². The Bertz CT molecular complexity index is 2010. The molecule has 2 aromatic carbocycles. The average molecular weight is 833 g/mol. The molecular formula is C40H48N8O8S2. The van der Waals surface area contributed by atoms with Crippen molar-refractivity contribution in [1.29, 1.82) is 0 Å². The molecule has 0 bridgehead atoms. The Morgan fingerprint density at radius 1 is 0.724 bits per heavy atom. The zero-order chi connectivity index (χ0) is 41.1. The molecule has 4 N–H and O–H groups in total. The van der Waals surface area contributed by atoms with Crippen LogP contribution in [0.4, 0.5) is 9.59 Å². The van der Waals surface area contributed by atoms with Gasteiger partial charge in [-0.1, -0.05) is 40.5 Å². The number of benzene rings is 2. The summed E-state index contributed by atoms with van der Waals surface area (Å²) in [4.78, 5) is 71.3. The van der Waals surface area contributed by atoms with Gasteiger partial charge in [-0.2, -0.15) is 0 Å². The summed E-state index contributed by atoms with van der Waals surface area (Å²) in [6, 6.07) is 9.27. The van der Waals surface area contributed by atoms with Gasteiger partial charge >= 0.3 is 12.2 Å². The number of H-pyrrole nitrogens is 2. The number of imidazole rings is 2. The van der Waals surface area contributed by atoms with Gasteiger partial charge in [0.1, 0.15) is 23.7 Å². The molecule has 5 heterocycles. The lowest BCUT2D eigenvalue weighted by Crippen LogP contribution is -2.51. The van der Waals surface area contributed by atoms with E-state index in [1.54, 1.807) is 45.7 Å². The minimum atomic E-state index is -0.715. The second-order valence-electron chi connectivity index (χ2n) is 14.5. The van der Waals surface area contributed by atoms with E-state index in [0.717, 1.165) is 22.5 Å². The molecule has 0 spiro atoms. The van der Waals surface area contributed by atoms with E-state index >= 15 is 0 Å². The Labute approximate surface area is 344 Å². The van der Waals surface area contributed by atoms with Gasteiger partial charge in [0.15, 0.2) is 23.0 Å². The van der Waals surface area contributed by atoms with Crippen LogP contribution in [0.3, 0.4) is 0 Å². The largest absolute Gasteiger partial charge is 0.453 e. The number of carbonyl (C=O) groups excluding carboxylic acids is 4. The molecule has 3 aliphatic heterocycles. The van der Waals surface area contributed by atoms with E-state index in [2.05, 4.69) is 30.6 Å². The number of ether oxygens (including phenoxy) is 4. The molecule has 16 nitrogen and oxygen atoms in total. The fourth-order valence-electron chi connectivity index (χ4n) is 7.09. The SMILES string of the molecule is CC[C@H](C)[C@H](NC(=O)OC)C(=O)N1CSC[C@H]1c1ncc(-c2ccc3c(c2)Oc2ccc(-c4cnc([C@@H]5CSCN5C(=O)[C@@H](NC(=O)OC)[C@@H](C)CC)[nH]4)cc2O3)[nH]1. The van der Waals surface area contributed by atoms with Crippen molar-refractivity contribution in [2.75, 3.05) is 37.5 Å². The molecule has 0 saturated carbocycles. The van der Waals surface area contributed by atoms with Crippen LogP contribution >= 0.6 is 23.5 Å². The highest BCUT2D eigenvalue weighted by Crippen LogP contribution is 2.48. The van der Waals surface area contributed by atoms with Crippen molar-refractivity contribution >= 4 is 47.5 Å². The van der Waals surface area contributed by atoms with Crippen LogP contribution in [0.15, 0.2) is 48.8 Å². The number of aromatic amines is 2. The molecule has 2 aromatic heterocycles. The average Bonchev–Trinajstić information content (AvgIpc) is 4.09. The molecule has 0 radical (unpaired) electrons. The lowest BCUT2D eigenvalue weighted by Gasteiger charge is -2.30. The van der Waals surface area contributed by atoms with Crippen molar-refractivity contribution in [3.63, 3.8) is 0 Å². The summed E-state index contributed by atoms with van der Waals surface area (Å²) in [6.45, 7) is 7.83. The molecule has 0 aliphatic carbocycles. The summed E-state index contributed by atoms with van der Waals surface area (Å²) in [5, 5.41) is 5.45. The lowest BCUT2D eigenvalue weighted by atomic mass is 9.97. The van der Waals surface area contributed by atoms with Crippen molar-refractivity contribution in [2.45, 2.75) is 64.7 Å². The maximum absolute atomic E-state index is 13.7. The standard InChI is InChI=1S/C40H48N8O8S2/c1-7-21(3)33(45-39(51)53-5)37(49)47-19-57-17-27(47)35-41-15-25(43-35)23-9-11-29-31(13-23)55-30-12-10-24(14-32(30)56-29)26-16-42-36(44-26)28-18-58-20-48(28)38(50)34(22(4)8-2)46-40(52)54-6/h9-16,21-22,27-28,33-34H,7-8,17-20H2,1-6H3,(H,41,43)(H,42,44)(H,45,51)(H,46,52)/t21-,22-,27-,28-,33-,34-/m0/s1. The van der Waals surface area contributed by atoms with Crippen LogP contribution in [0.2, 0.25) is 0 Å². The molecule has 4 aromatic rings. The number of nitrogens with zero attached hydrogens (tertiary/aromatic N) is 4. The highest BCUT2D eigenvalue weighted by atomic mass is 32.2. The van der Waals surface area contributed by atoms with Crippen molar-refractivity contribution in [2.24, 2.45) is 11.8 Å². The van der Waals surface area contributed by atoms with Crippen LogP contribution in [0.1, 0.15) is 64.3 Å². The Kier molecular flexibility index (Phi) is 12.4. The van der Waals surface area contributed by atoms with Crippen LogP contribution in [-0.4, -0.2) is 103 Å². The molecule has 3 aliphatic rings. The summed E-state index contributed by atoms with van der Waals surface area (Å²) >= 11 is 3.27. The van der Waals surface area contributed by atoms with Crippen LogP contribution in [0, 0.1) is 11.8 Å². The summed E-state index contributed by atoms with van der Waals surface area (Å²) in [5.41, 5.74) is 3.16. The number of amides is 4. The van der Waals surface area contributed by atoms with Gasteiger partial charge in [0.2, 0.25) is 11.8 Å². The van der Waals surface area contributed by atoms with Gasteiger partial charge < -0.3 is 49.3 Å². The highest BCUT2D eigenvalue weighted by Gasteiger charge is 2.40. The summed E-state index contributed by atoms with van der Waals surface area (Å²) < 4.78 is 22.2. The summed E-state index contributed by atoms with van der Waals surface area (Å²) in [6.07, 6.45) is 3.63. The summed E-state index contributed by atoms with van der Waals surface area (Å²) in [5.74, 6) is 5.26. The van der Waals surface area contributed by atoms with Crippen LogP contribution in [-0.2, 0) is 19.1 Å². The van der Waals surface area contributed by atoms with Crippen molar-refractivity contribution < 1.29 is 38.1 Å². The normalized spacial score (nSPS) is 19.1. The maximum atomic E-state index is 13.7. The van der Waals surface area contributed by atoms with Crippen LogP contribution < -0.4 is 20.1 Å². The third-order valence-electron chi connectivity index (χ3n) is 11.0. The Morgan fingerprint density at radius 2 is 1.14 bits per heavy atom. The number of fused-ring (bicyclic) bond motifs is 2. The zero-order valence-corrected chi connectivity index (χ0v) is 34.8. The quantitative estimate of drug-likeness (QED) is 0.100. The maximum Gasteiger partial charge on any atom is 0.407 e. The predicted octanol–water partition coefficient (Wildman–Crippen LogP) is 7.05. The topological polar surface area (TPSA) is 193 Å². The molecule has 18 heteroatoms. The van der Waals surface area contributed by atoms with E-state index in [4.69, 9.17) is 18.9 Å². The first-order valence-electron chi connectivity index (χ1n) is 19.2. The fraction of sp³-hybridized carbons (Fsp3) is 0.450. The number of carbonyl (C=O) groups is 4. The van der Waals surface area contributed by atoms with E-state index in [1.165, 1.54) is 14.2 Å². The highest BCUT2D eigenvalue weighted by molar-refractivity contribution is 7.99. The Hall–Kier alpha value is -5.36. The minimum absolute atomic E-state index is 0.0867. The van der Waals surface area contributed by atoms with Crippen molar-refractivity contribution in [3.8, 4) is 45.5 Å². The molecule has 58 heavy (non-hydrogen) atoms. The van der Waals surface area contributed by atoms with Crippen molar-refractivity contribution in [1.82, 2.24) is 40.4 Å². The first kappa shape index (κ1) is 40.8. The minimum Gasteiger partial charge on any atom is -0.453 e. The Balaban J connectivity index is 1.03. The third kappa shape index (κ3) is 8.30. The number of thioether (sulfide) groups is 2. The molecule has 0 unspecified atom stereocenters. The Morgan fingerprint density at radius 3 is 1.52 bits per heavy atom. The molecular weight excluding hydrogens is 785 g/mol.